The largest absolute Gasteiger partial charge is 0.493 e. The summed E-state index contributed by atoms with van der Waals surface area (Å²) in [7, 11) is 5.18. The highest BCUT2D eigenvalue weighted by Gasteiger charge is 2.21. The number of aliphatic imine (C=N–C) groups is 1. The van der Waals surface area contributed by atoms with Crippen molar-refractivity contribution in [2.45, 2.75) is 38.7 Å². The van der Waals surface area contributed by atoms with Crippen LogP contribution in [0.1, 0.15) is 31.7 Å². The minimum absolute atomic E-state index is 0. The van der Waals surface area contributed by atoms with Crippen molar-refractivity contribution in [3.8, 4) is 11.5 Å². The summed E-state index contributed by atoms with van der Waals surface area (Å²) >= 11 is 0. The van der Waals surface area contributed by atoms with Gasteiger partial charge in [0, 0.05) is 33.3 Å². The van der Waals surface area contributed by atoms with Gasteiger partial charge in [0.25, 0.3) is 0 Å². The average Bonchev–Trinajstić information content (AvgIpc) is 2.69. The Morgan fingerprint density at radius 2 is 1.89 bits per heavy atom. The van der Waals surface area contributed by atoms with Gasteiger partial charge in [0.15, 0.2) is 17.5 Å². The summed E-state index contributed by atoms with van der Waals surface area (Å²) < 4.78 is 16.4. The molecule has 1 aromatic rings. The maximum Gasteiger partial charge on any atom is 0.193 e. The van der Waals surface area contributed by atoms with Crippen molar-refractivity contribution >= 4 is 29.9 Å². The van der Waals surface area contributed by atoms with E-state index in [1.807, 2.05) is 19.2 Å². The highest BCUT2D eigenvalue weighted by Crippen LogP contribution is 2.27. The Bertz CT molecular complexity index is 576. The van der Waals surface area contributed by atoms with E-state index in [-0.39, 0.29) is 24.0 Å². The second-order valence-electron chi connectivity index (χ2n) is 6.41. The second kappa shape index (κ2) is 13.0. The van der Waals surface area contributed by atoms with Gasteiger partial charge >= 0.3 is 0 Å². The van der Waals surface area contributed by atoms with Gasteiger partial charge in [-0.1, -0.05) is 6.07 Å². The molecule has 6 nitrogen and oxygen atoms in total. The molecule has 1 heterocycles. The summed E-state index contributed by atoms with van der Waals surface area (Å²) in [5.74, 6) is 2.54. The van der Waals surface area contributed by atoms with Crippen molar-refractivity contribution in [2.24, 2.45) is 4.99 Å². The standard InChI is InChI=1S/C20H33N3O3.HI/c1-5-26-17-10-13-23(14-11-17)20(21-2)22-12-6-7-16-8-9-18(24-3)19(15-16)25-4;/h8-9,15,17H,5-7,10-14H2,1-4H3,(H,21,22);1H. The zero-order valence-electron chi connectivity index (χ0n) is 17.0. The van der Waals surface area contributed by atoms with Gasteiger partial charge in [0.1, 0.15) is 0 Å². The van der Waals surface area contributed by atoms with Crippen LogP contribution in [-0.2, 0) is 11.2 Å². The SMILES string of the molecule is CCOC1CCN(C(=NC)NCCCc2ccc(OC)c(OC)c2)CC1.I. The molecule has 0 unspecified atom stereocenters. The Balaban J connectivity index is 0.00000364. The third-order valence-corrected chi connectivity index (χ3v) is 4.73. The summed E-state index contributed by atoms with van der Waals surface area (Å²) in [6.45, 7) is 5.76. The number of methoxy groups -OCH3 is 2. The lowest BCUT2D eigenvalue weighted by Crippen LogP contribution is -2.47. The number of rotatable bonds is 8. The molecule has 1 N–H and O–H groups in total. The van der Waals surface area contributed by atoms with Crippen molar-refractivity contribution in [3.63, 3.8) is 0 Å². The number of likely N-dealkylation sites (tertiary alicyclic amines) is 1. The van der Waals surface area contributed by atoms with Crippen LogP contribution in [0.4, 0.5) is 0 Å². The molecule has 0 saturated carbocycles. The fourth-order valence-corrected chi connectivity index (χ4v) is 3.33. The number of benzene rings is 1. The van der Waals surface area contributed by atoms with Gasteiger partial charge in [-0.3, -0.25) is 4.99 Å². The summed E-state index contributed by atoms with van der Waals surface area (Å²) in [5.41, 5.74) is 1.25. The van der Waals surface area contributed by atoms with Crippen LogP contribution in [0.15, 0.2) is 23.2 Å². The summed E-state index contributed by atoms with van der Waals surface area (Å²) in [6.07, 6.45) is 4.56. The fourth-order valence-electron chi connectivity index (χ4n) is 3.33. The van der Waals surface area contributed by atoms with Crippen LogP contribution in [0.5, 0.6) is 11.5 Å². The molecule has 154 valence electrons. The molecule has 7 heteroatoms. The van der Waals surface area contributed by atoms with Gasteiger partial charge in [-0.25, -0.2) is 0 Å². The molecule has 0 amide bonds. The number of ether oxygens (including phenoxy) is 3. The molecule has 1 aliphatic rings. The smallest absolute Gasteiger partial charge is 0.193 e. The van der Waals surface area contributed by atoms with Crippen LogP contribution in [-0.4, -0.2) is 64.5 Å². The molecule has 2 rings (SSSR count). The summed E-state index contributed by atoms with van der Waals surface area (Å²) in [5, 5.41) is 3.49. The van der Waals surface area contributed by atoms with Crippen LogP contribution >= 0.6 is 24.0 Å². The van der Waals surface area contributed by atoms with E-state index in [1.165, 1.54) is 5.56 Å². The monoisotopic (exact) mass is 491 g/mol. The van der Waals surface area contributed by atoms with Crippen molar-refractivity contribution in [1.29, 1.82) is 0 Å². The van der Waals surface area contributed by atoms with Crippen LogP contribution in [0, 0.1) is 0 Å². The Kier molecular flexibility index (Phi) is 11.5. The zero-order chi connectivity index (χ0) is 18.8. The van der Waals surface area contributed by atoms with Crippen LogP contribution < -0.4 is 14.8 Å². The number of hydrogen-bond donors (Lipinski definition) is 1. The van der Waals surface area contributed by atoms with E-state index < -0.39 is 0 Å². The van der Waals surface area contributed by atoms with Crippen molar-refractivity contribution in [2.75, 3.05) is 47.5 Å². The summed E-state index contributed by atoms with van der Waals surface area (Å²) in [6, 6.07) is 6.10. The highest BCUT2D eigenvalue weighted by atomic mass is 127. The first-order valence-corrected chi connectivity index (χ1v) is 9.49. The molecule has 1 aliphatic heterocycles. The van der Waals surface area contributed by atoms with Crippen LogP contribution in [0.2, 0.25) is 0 Å². The topological polar surface area (TPSA) is 55.3 Å². The molecule has 0 aliphatic carbocycles. The van der Waals surface area contributed by atoms with E-state index in [0.717, 1.165) is 69.4 Å². The van der Waals surface area contributed by atoms with Gasteiger partial charge in [-0.2, -0.15) is 0 Å². The van der Waals surface area contributed by atoms with Crippen LogP contribution in [0.25, 0.3) is 0 Å². The fraction of sp³-hybridized carbons (Fsp3) is 0.650. The minimum Gasteiger partial charge on any atom is -0.493 e. The zero-order valence-corrected chi connectivity index (χ0v) is 19.3. The molecule has 1 fully saturated rings. The Morgan fingerprint density at radius 3 is 2.48 bits per heavy atom. The van der Waals surface area contributed by atoms with E-state index >= 15 is 0 Å². The molecule has 0 aromatic heterocycles. The van der Waals surface area contributed by atoms with Crippen molar-refractivity contribution in [1.82, 2.24) is 10.2 Å². The predicted molar refractivity (Wildman–Crippen MR) is 121 cm³/mol. The highest BCUT2D eigenvalue weighted by molar-refractivity contribution is 14.0. The van der Waals surface area contributed by atoms with Gasteiger partial charge in [0.05, 0.1) is 20.3 Å². The number of hydrogen-bond acceptors (Lipinski definition) is 4. The molecule has 0 atom stereocenters. The second-order valence-corrected chi connectivity index (χ2v) is 6.41. The normalized spacial score (nSPS) is 15.3. The first-order chi connectivity index (χ1) is 12.7. The van der Waals surface area contributed by atoms with Gasteiger partial charge < -0.3 is 24.4 Å². The molecule has 0 spiro atoms. The molecule has 0 bridgehead atoms. The minimum atomic E-state index is 0. The van der Waals surface area contributed by atoms with Crippen molar-refractivity contribution in [3.05, 3.63) is 23.8 Å². The predicted octanol–water partition coefficient (Wildman–Crippen LogP) is 3.33. The van der Waals surface area contributed by atoms with E-state index in [9.17, 15) is 0 Å². The summed E-state index contributed by atoms with van der Waals surface area (Å²) in [4.78, 5) is 6.76. The van der Waals surface area contributed by atoms with Gasteiger partial charge in [-0.05, 0) is 50.3 Å². The molecular formula is C20H34IN3O3. The molecule has 1 aromatic carbocycles. The van der Waals surface area contributed by atoms with Gasteiger partial charge in [-0.15, -0.1) is 24.0 Å². The quantitative estimate of drug-likeness (QED) is 0.262. The van der Waals surface area contributed by atoms with E-state index in [4.69, 9.17) is 14.2 Å². The van der Waals surface area contributed by atoms with Crippen molar-refractivity contribution < 1.29 is 14.2 Å². The molecule has 0 radical (unpaired) electrons. The number of aryl methyl sites for hydroxylation is 1. The first kappa shape index (κ1) is 23.8. The molecule has 1 saturated heterocycles. The van der Waals surface area contributed by atoms with Gasteiger partial charge in [0.2, 0.25) is 0 Å². The number of halogens is 1. The Labute approximate surface area is 180 Å². The third-order valence-electron chi connectivity index (χ3n) is 4.73. The third kappa shape index (κ3) is 7.37. The number of nitrogens with one attached hydrogen (secondary N) is 1. The van der Waals surface area contributed by atoms with E-state index in [2.05, 4.69) is 28.2 Å². The molecule has 27 heavy (non-hydrogen) atoms. The first-order valence-electron chi connectivity index (χ1n) is 9.49. The lowest BCUT2D eigenvalue weighted by Gasteiger charge is -2.34. The number of piperidine rings is 1. The maximum atomic E-state index is 5.72. The number of nitrogens with zero attached hydrogens (tertiary/aromatic N) is 2. The lowest BCUT2D eigenvalue weighted by atomic mass is 10.1. The molecular weight excluding hydrogens is 457 g/mol. The maximum absolute atomic E-state index is 5.72. The van der Waals surface area contributed by atoms with E-state index in [0.29, 0.717) is 6.10 Å². The van der Waals surface area contributed by atoms with Crippen LogP contribution in [0.3, 0.4) is 0 Å². The lowest BCUT2D eigenvalue weighted by molar-refractivity contribution is 0.0264. The number of guanidine groups is 1. The Morgan fingerprint density at radius 1 is 1.19 bits per heavy atom. The average molecular weight is 491 g/mol. The van der Waals surface area contributed by atoms with E-state index in [1.54, 1.807) is 14.2 Å². The Hall–Kier alpha value is -1.22.